The molecule has 0 aliphatic rings. The third-order valence-electron chi connectivity index (χ3n) is 4.39. The van der Waals surface area contributed by atoms with Gasteiger partial charge in [-0.1, -0.05) is 62.7 Å². The number of aryl methyl sites for hydroxylation is 3. The molecule has 0 amide bonds. The molecule has 2 aromatic carbocycles. The van der Waals surface area contributed by atoms with E-state index in [0.29, 0.717) is 17.9 Å². The van der Waals surface area contributed by atoms with Crippen LogP contribution in [0.1, 0.15) is 54.2 Å². The summed E-state index contributed by atoms with van der Waals surface area (Å²) in [5.74, 6) is 0.365. The van der Waals surface area contributed by atoms with Crippen LogP contribution < -0.4 is 4.74 Å². The van der Waals surface area contributed by atoms with Crippen LogP contribution in [0.3, 0.4) is 0 Å². The van der Waals surface area contributed by atoms with Crippen molar-refractivity contribution in [1.29, 1.82) is 0 Å². The zero-order valence-corrected chi connectivity index (χ0v) is 16.6. The second-order valence-electron chi connectivity index (χ2n) is 7.94. The molecule has 0 unspecified atom stereocenters. The van der Waals surface area contributed by atoms with Gasteiger partial charge in [-0.3, -0.25) is 0 Å². The molecule has 26 heavy (non-hydrogen) atoms. The second-order valence-corrected chi connectivity index (χ2v) is 7.94. The van der Waals surface area contributed by atoms with Crippen molar-refractivity contribution < 1.29 is 14.6 Å². The van der Waals surface area contributed by atoms with Gasteiger partial charge in [0.2, 0.25) is 0 Å². The van der Waals surface area contributed by atoms with Crippen molar-refractivity contribution in [2.45, 2.75) is 53.4 Å². The summed E-state index contributed by atoms with van der Waals surface area (Å²) >= 11 is 0. The summed E-state index contributed by atoms with van der Waals surface area (Å²) in [4.78, 5) is 11.7. The summed E-state index contributed by atoms with van der Waals surface area (Å²) in [6.45, 7) is 15.7. The highest BCUT2D eigenvalue weighted by atomic mass is 16.5. The molecule has 1 N–H and O–H groups in total. The summed E-state index contributed by atoms with van der Waals surface area (Å²) in [7, 11) is 0. The van der Waals surface area contributed by atoms with Gasteiger partial charge in [-0.15, -0.1) is 0 Å². The van der Waals surface area contributed by atoms with Gasteiger partial charge < -0.3 is 9.84 Å². The first-order chi connectivity index (χ1) is 12.0. The zero-order chi connectivity index (χ0) is 19.6. The Kier molecular flexibility index (Phi) is 5.60. The van der Waals surface area contributed by atoms with Gasteiger partial charge in [0.1, 0.15) is 11.5 Å². The minimum atomic E-state index is -0.484. The molecule has 0 aliphatic heterocycles. The molecule has 3 nitrogen and oxygen atoms in total. The van der Waals surface area contributed by atoms with Crippen molar-refractivity contribution in [3.63, 3.8) is 0 Å². The van der Waals surface area contributed by atoms with Crippen LogP contribution >= 0.6 is 0 Å². The van der Waals surface area contributed by atoms with Gasteiger partial charge in [-0.2, -0.15) is 0 Å². The Morgan fingerprint density at radius 3 is 2.23 bits per heavy atom. The summed E-state index contributed by atoms with van der Waals surface area (Å²) in [5.41, 5.74) is 5.52. The number of hydrogen-bond acceptors (Lipinski definition) is 3. The van der Waals surface area contributed by atoms with Crippen LogP contribution in [0.5, 0.6) is 11.5 Å². The van der Waals surface area contributed by atoms with Crippen molar-refractivity contribution in [2.75, 3.05) is 0 Å². The number of phenols is 1. The number of carbonyl (C=O) groups excluding carboxylic acids is 1. The molecule has 0 heterocycles. The second kappa shape index (κ2) is 7.36. The largest absolute Gasteiger partial charge is 0.507 e. The summed E-state index contributed by atoms with van der Waals surface area (Å²) in [5, 5.41) is 10.8. The first-order valence-corrected chi connectivity index (χ1v) is 8.80. The highest BCUT2D eigenvalue weighted by Gasteiger charge is 2.22. The van der Waals surface area contributed by atoms with Gasteiger partial charge in [-0.05, 0) is 48.4 Å². The van der Waals surface area contributed by atoms with E-state index in [1.807, 2.05) is 45.0 Å². The van der Waals surface area contributed by atoms with E-state index in [1.165, 1.54) is 0 Å². The molecule has 3 heteroatoms. The Bertz CT molecular complexity index is 855. The molecule has 0 spiro atoms. The van der Waals surface area contributed by atoms with Crippen LogP contribution in [0, 0.1) is 20.8 Å². The predicted molar refractivity (Wildman–Crippen MR) is 106 cm³/mol. The minimum absolute atomic E-state index is 0.161. The lowest BCUT2D eigenvalue weighted by molar-refractivity contribution is -0.129. The number of aromatic hydroxyl groups is 1. The molecule has 138 valence electrons. The Morgan fingerprint density at radius 2 is 1.65 bits per heavy atom. The smallest absolute Gasteiger partial charge is 0.335 e. The Hall–Kier alpha value is -2.55. The molecule has 0 aliphatic carbocycles. The fourth-order valence-electron chi connectivity index (χ4n) is 3.23. The summed E-state index contributed by atoms with van der Waals surface area (Å²) < 4.78 is 5.48. The van der Waals surface area contributed by atoms with Crippen LogP contribution in [0.25, 0.3) is 0 Å². The predicted octanol–water partition coefficient (Wildman–Crippen LogP) is 5.30. The van der Waals surface area contributed by atoms with Crippen LogP contribution in [0.15, 0.2) is 36.9 Å². The van der Waals surface area contributed by atoms with Gasteiger partial charge >= 0.3 is 5.97 Å². The third-order valence-corrected chi connectivity index (χ3v) is 4.39. The summed E-state index contributed by atoms with van der Waals surface area (Å²) in [6.07, 6.45) is 1.64. The fraction of sp³-hybridized carbons (Fsp3) is 0.348. The molecule has 0 aromatic heterocycles. The average molecular weight is 352 g/mol. The molecule has 2 aromatic rings. The maximum absolute atomic E-state index is 11.7. The van der Waals surface area contributed by atoms with Crippen LogP contribution in [-0.2, 0) is 16.6 Å². The van der Waals surface area contributed by atoms with E-state index in [4.69, 9.17) is 4.74 Å². The molecule has 0 radical (unpaired) electrons. The molecule has 2 rings (SSSR count). The third kappa shape index (κ3) is 4.34. The molecule has 0 atom stereocenters. The zero-order valence-electron chi connectivity index (χ0n) is 16.6. The first-order valence-electron chi connectivity index (χ1n) is 8.80. The first kappa shape index (κ1) is 19.8. The van der Waals surface area contributed by atoms with Crippen molar-refractivity contribution in [3.8, 4) is 11.5 Å². The standard InChI is InChI=1S/C23H28O3/c1-8-20(24)26-22-16(4)9-14(2)11-18(22)13-17-10-15(3)12-19(21(17)25)23(5,6)7/h8-12,25H,1,13H2,2-7H3. The number of rotatable bonds is 4. The lowest BCUT2D eigenvalue weighted by atomic mass is 9.83. The lowest BCUT2D eigenvalue weighted by Gasteiger charge is -2.23. The highest BCUT2D eigenvalue weighted by Crippen LogP contribution is 2.37. The topological polar surface area (TPSA) is 46.5 Å². The number of benzene rings is 2. The van der Waals surface area contributed by atoms with Crippen LogP contribution in [0.2, 0.25) is 0 Å². The monoisotopic (exact) mass is 352 g/mol. The normalized spacial score (nSPS) is 11.3. The number of ether oxygens (including phenoxy) is 1. The van der Waals surface area contributed by atoms with Gasteiger partial charge in [-0.25, -0.2) is 4.79 Å². The molecule has 0 bridgehead atoms. The van der Waals surface area contributed by atoms with Crippen LogP contribution in [-0.4, -0.2) is 11.1 Å². The Morgan fingerprint density at radius 1 is 1.08 bits per heavy atom. The van der Waals surface area contributed by atoms with Crippen molar-refractivity contribution in [1.82, 2.24) is 0 Å². The van der Waals surface area contributed by atoms with E-state index in [-0.39, 0.29) is 5.41 Å². The van der Waals surface area contributed by atoms with E-state index in [0.717, 1.165) is 39.5 Å². The van der Waals surface area contributed by atoms with E-state index in [9.17, 15) is 9.90 Å². The van der Waals surface area contributed by atoms with Crippen molar-refractivity contribution >= 4 is 5.97 Å². The van der Waals surface area contributed by atoms with Gasteiger partial charge in [0.05, 0.1) is 0 Å². The van der Waals surface area contributed by atoms with E-state index < -0.39 is 5.97 Å². The Balaban J connectivity index is 2.57. The summed E-state index contributed by atoms with van der Waals surface area (Å²) in [6, 6.07) is 7.99. The highest BCUT2D eigenvalue weighted by molar-refractivity contribution is 5.84. The van der Waals surface area contributed by atoms with Gasteiger partial charge in [0.25, 0.3) is 0 Å². The quantitative estimate of drug-likeness (QED) is 0.461. The van der Waals surface area contributed by atoms with E-state index >= 15 is 0 Å². The average Bonchev–Trinajstić information content (AvgIpc) is 2.52. The molecular weight excluding hydrogens is 324 g/mol. The number of hydrogen-bond donors (Lipinski definition) is 1. The maximum atomic E-state index is 11.7. The number of esters is 1. The minimum Gasteiger partial charge on any atom is -0.507 e. The van der Waals surface area contributed by atoms with E-state index in [2.05, 4.69) is 27.4 Å². The Labute approximate surface area is 156 Å². The van der Waals surface area contributed by atoms with Crippen molar-refractivity contribution in [3.05, 3.63) is 70.3 Å². The molecule has 0 fully saturated rings. The number of phenolic OH excluding ortho intramolecular Hbond substituents is 1. The molecule has 0 saturated heterocycles. The number of carbonyl (C=O) groups is 1. The lowest BCUT2D eigenvalue weighted by Crippen LogP contribution is -2.13. The SMILES string of the molecule is C=CC(=O)Oc1c(C)cc(C)cc1Cc1cc(C)cc(C(C)(C)C)c1O. The fourth-order valence-corrected chi connectivity index (χ4v) is 3.23. The molecule has 0 saturated carbocycles. The van der Waals surface area contributed by atoms with Crippen molar-refractivity contribution in [2.24, 2.45) is 0 Å². The molecular formula is C23H28O3. The maximum Gasteiger partial charge on any atom is 0.335 e. The van der Waals surface area contributed by atoms with Crippen LogP contribution in [0.4, 0.5) is 0 Å². The van der Waals surface area contributed by atoms with Gasteiger partial charge in [0.15, 0.2) is 0 Å². The van der Waals surface area contributed by atoms with Gasteiger partial charge in [0, 0.05) is 12.5 Å². The van der Waals surface area contributed by atoms with E-state index in [1.54, 1.807) is 0 Å².